The number of halogens is 2. The van der Waals surface area contributed by atoms with Crippen LogP contribution in [-0.2, 0) is 0 Å². The molecule has 1 rings (SSSR count). The number of nitrogens with zero attached hydrogens (tertiary/aromatic N) is 2. The third-order valence-corrected chi connectivity index (χ3v) is 2.51. The van der Waals surface area contributed by atoms with E-state index in [1.807, 2.05) is 0 Å². The minimum Gasteiger partial charge on any atom is -0.381 e. The van der Waals surface area contributed by atoms with E-state index in [0.717, 1.165) is 0 Å². The molecule has 0 aromatic carbocycles. The SMILES string of the molecule is Nc1nc(Br)c(Br)nc1N. The Labute approximate surface area is 74.3 Å². The summed E-state index contributed by atoms with van der Waals surface area (Å²) in [5.74, 6) is 0.463. The number of hydrogen-bond acceptors (Lipinski definition) is 4. The molecule has 0 spiro atoms. The Balaban J connectivity index is 3.28. The van der Waals surface area contributed by atoms with Crippen LogP contribution in [0.15, 0.2) is 9.21 Å². The molecule has 0 bridgehead atoms. The highest BCUT2D eigenvalue weighted by Gasteiger charge is 2.03. The minimum absolute atomic E-state index is 0.232. The van der Waals surface area contributed by atoms with E-state index < -0.39 is 0 Å². The maximum absolute atomic E-state index is 5.34. The Hall–Kier alpha value is -0.360. The molecule has 0 aliphatic carbocycles. The van der Waals surface area contributed by atoms with Gasteiger partial charge in [-0.25, -0.2) is 9.97 Å². The quantitative estimate of drug-likeness (QED) is 0.740. The Kier molecular flexibility index (Phi) is 2.10. The molecular formula is C4H4Br2N4. The van der Waals surface area contributed by atoms with Gasteiger partial charge in [-0.05, 0) is 31.9 Å². The lowest BCUT2D eigenvalue weighted by Crippen LogP contribution is -2.01. The van der Waals surface area contributed by atoms with Crippen LogP contribution in [0.5, 0.6) is 0 Å². The number of anilines is 2. The monoisotopic (exact) mass is 266 g/mol. The molecule has 0 saturated carbocycles. The lowest BCUT2D eigenvalue weighted by atomic mass is 10.6. The molecule has 0 saturated heterocycles. The van der Waals surface area contributed by atoms with Gasteiger partial charge in [-0.15, -0.1) is 0 Å². The summed E-state index contributed by atoms with van der Waals surface area (Å²) < 4.78 is 1.11. The highest BCUT2D eigenvalue weighted by atomic mass is 79.9. The zero-order chi connectivity index (χ0) is 7.72. The summed E-state index contributed by atoms with van der Waals surface area (Å²) in [6.07, 6.45) is 0. The van der Waals surface area contributed by atoms with E-state index in [0.29, 0.717) is 9.21 Å². The van der Waals surface area contributed by atoms with Crippen LogP contribution >= 0.6 is 31.9 Å². The standard InChI is InChI=1S/C4H4Br2N4/c5-1-2(6)10-4(8)3(7)9-1/h(H2,7,9)(H2,8,10). The third-order valence-electron chi connectivity index (χ3n) is 0.870. The summed E-state index contributed by atoms with van der Waals surface area (Å²) in [6, 6.07) is 0. The number of aromatic nitrogens is 2. The number of hydrogen-bond donors (Lipinski definition) is 2. The first-order valence-corrected chi connectivity index (χ1v) is 3.94. The fourth-order valence-corrected chi connectivity index (χ4v) is 0.978. The van der Waals surface area contributed by atoms with Crippen LogP contribution in [0.4, 0.5) is 11.6 Å². The molecule has 0 amide bonds. The van der Waals surface area contributed by atoms with Gasteiger partial charge in [0, 0.05) is 0 Å². The first-order chi connectivity index (χ1) is 4.61. The Morgan fingerprint density at radius 3 is 1.50 bits per heavy atom. The van der Waals surface area contributed by atoms with Crippen molar-refractivity contribution in [3.63, 3.8) is 0 Å². The van der Waals surface area contributed by atoms with Crippen molar-refractivity contribution < 1.29 is 0 Å². The van der Waals surface area contributed by atoms with Crippen LogP contribution in [0, 0.1) is 0 Å². The Morgan fingerprint density at radius 2 is 1.20 bits per heavy atom. The molecular weight excluding hydrogens is 264 g/mol. The zero-order valence-electron chi connectivity index (χ0n) is 4.81. The van der Waals surface area contributed by atoms with E-state index in [1.54, 1.807) is 0 Å². The van der Waals surface area contributed by atoms with Crippen LogP contribution in [-0.4, -0.2) is 9.97 Å². The van der Waals surface area contributed by atoms with Gasteiger partial charge in [0.15, 0.2) is 11.6 Å². The number of nitrogen functional groups attached to an aromatic ring is 2. The zero-order valence-corrected chi connectivity index (χ0v) is 7.98. The lowest BCUT2D eigenvalue weighted by molar-refractivity contribution is 1.15. The van der Waals surface area contributed by atoms with Crippen LogP contribution in [0.2, 0.25) is 0 Å². The second-order valence-corrected chi connectivity index (χ2v) is 3.08. The molecule has 0 unspecified atom stereocenters. The summed E-state index contributed by atoms with van der Waals surface area (Å²) in [7, 11) is 0. The smallest absolute Gasteiger partial charge is 0.167 e. The maximum atomic E-state index is 5.34. The second kappa shape index (κ2) is 2.71. The van der Waals surface area contributed by atoms with E-state index in [9.17, 15) is 0 Å². The van der Waals surface area contributed by atoms with E-state index in [1.165, 1.54) is 0 Å². The van der Waals surface area contributed by atoms with Crippen molar-refractivity contribution in [2.75, 3.05) is 11.5 Å². The Morgan fingerprint density at radius 1 is 0.900 bits per heavy atom. The van der Waals surface area contributed by atoms with Crippen molar-refractivity contribution in [2.45, 2.75) is 0 Å². The van der Waals surface area contributed by atoms with Crippen molar-refractivity contribution in [3.8, 4) is 0 Å². The molecule has 6 heteroatoms. The minimum atomic E-state index is 0.232. The van der Waals surface area contributed by atoms with E-state index in [-0.39, 0.29) is 11.6 Å². The summed E-state index contributed by atoms with van der Waals surface area (Å²) in [5.41, 5.74) is 10.7. The average molecular weight is 268 g/mol. The van der Waals surface area contributed by atoms with E-state index >= 15 is 0 Å². The van der Waals surface area contributed by atoms with Gasteiger partial charge in [0.2, 0.25) is 0 Å². The molecule has 1 aromatic rings. The summed E-state index contributed by atoms with van der Waals surface area (Å²) in [4.78, 5) is 7.67. The molecule has 1 heterocycles. The highest BCUT2D eigenvalue weighted by Crippen LogP contribution is 2.21. The molecule has 1 aromatic heterocycles. The molecule has 4 N–H and O–H groups in total. The summed E-state index contributed by atoms with van der Waals surface area (Å²) in [6.45, 7) is 0. The maximum Gasteiger partial charge on any atom is 0.167 e. The van der Waals surface area contributed by atoms with Gasteiger partial charge in [-0.3, -0.25) is 0 Å². The van der Waals surface area contributed by atoms with Gasteiger partial charge in [-0.2, -0.15) is 0 Å². The molecule has 0 aliphatic heterocycles. The normalized spacial score (nSPS) is 9.80. The van der Waals surface area contributed by atoms with Crippen molar-refractivity contribution in [3.05, 3.63) is 9.21 Å². The molecule has 0 aliphatic rings. The van der Waals surface area contributed by atoms with Crippen molar-refractivity contribution in [1.29, 1.82) is 0 Å². The Bertz CT molecular complexity index is 211. The molecule has 0 fully saturated rings. The average Bonchev–Trinajstić information content (AvgIpc) is 1.84. The fraction of sp³-hybridized carbons (Fsp3) is 0. The lowest BCUT2D eigenvalue weighted by Gasteiger charge is -1.98. The van der Waals surface area contributed by atoms with Gasteiger partial charge >= 0.3 is 0 Å². The first kappa shape index (κ1) is 7.74. The van der Waals surface area contributed by atoms with Gasteiger partial charge < -0.3 is 11.5 Å². The van der Waals surface area contributed by atoms with Crippen LogP contribution in [0.3, 0.4) is 0 Å². The predicted octanol–water partition coefficient (Wildman–Crippen LogP) is 1.17. The van der Waals surface area contributed by atoms with Crippen molar-refractivity contribution >= 4 is 43.5 Å². The molecule has 0 atom stereocenters. The largest absolute Gasteiger partial charge is 0.381 e. The topological polar surface area (TPSA) is 77.8 Å². The predicted molar refractivity (Wildman–Crippen MR) is 46.3 cm³/mol. The molecule has 0 radical (unpaired) electrons. The van der Waals surface area contributed by atoms with Gasteiger partial charge in [0.1, 0.15) is 9.21 Å². The second-order valence-electron chi connectivity index (χ2n) is 1.58. The van der Waals surface area contributed by atoms with E-state index in [2.05, 4.69) is 41.8 Å². The molecule has 54 valence electrons. The number of nitrogens with two attached hydrogens (primary N) is 2. The highest BCUT2D eigenvalue weighted by molar-refractivity contribution is 9.13. The van der Waals surface area contributed by atoms with Crippen molar-refractivity contribution in [2.24, 2.45) is 0 Å². The van der Waals surface area contributed by atoms with Gasteiger partial charge in [0.25, 0.3) is 0 Å². The van der Waals surface area contributed by atoms with Crippen LogP contribution in [0.25, 0.3) is 0 Å². The van der Waals surface area contributed by atoms with E-state index in [4.69, 9.17) is 11.5 Å². The molecule has 4 nitrogen and oxygen atoms in total. The van der Waals surface area contributed by atoms with Crippen LogP contribution in [0.1, 0.15) is 0 Å². The number of rotatable bonds is 0. The van der Waals surface area contributed by atoms with Crippen LogP contribution < -0.4 is 11.5 Å². The van der Waals surface area contributed by atoms with Crippen molar-refractivity contribution in [1.82, 2.24) is 9.97 Å². The first-order valence-electron chi connectivity index (χ1n) is 2.35. The fourth-order valence-electron chi connectivity index (χ4n) is 0.418. The third kappa shape index (κ3) is 1.38. The van der Waals surface area contributed by atoms with Gasteiger partial charge in [0.05, 0.1) is 0 Å². The van der Waals surface area contributed by atoms with Gasteiger partial charge in [-0.1, -0.05) is 0 Å². The molecule has 10 heavy (non-hydrogen) atoms. The summed E-state index contributed by atoms with van der Waals surface area (Å²) >= 11 is 6.25. The summed E-state index contributed by atoms with van der Waals surface area (Å²) in [5, 5.41) is 0.